The molecule has 4 N–H and O–H groups in total. The Morgan fingerprint density at radius 2 is 1.71 bits per heavy atom. The molecule has 0 aromatic rings. The Labute approximate surface area is 79.5 Å². The van der Waals surface area contributed by atoms with Crippen molar-refractivity contribution in [3.05, 3.63) is 0 Å². The van der Waals surface area contributed by atoms with Crippen molar-refractivity contribution in [1.29, 1.82) is 0 Å². The van der Waals surface area contributed by atoms with Gasteiger partial charge in [0.15, 0.2) is 12.2 Å². The highest BCUT2D eigenvalue weighted by Gasteiger charge is 2.35. The third-order valence-corrected chi connectivity index (χ3v) is 1.43. The second-order valence-corrected chi connectivity index (χ2v) is 2.47. The normalized spacial score (nSPS) is 16.9. The zero-order valence-electron chi connectivity index (χ0n) is 7.45. The molecule has 0 radical (unpaired) electrons. The van der Waals surface area contributed by atoms with Crippen LogP contribution in [0.15, 0.2) is 0 Å². The molecule has 14 heavy (non-hydrogen) atoms. The van der Waals surface area contributed by atoms with E-state index >= 15 is 0 Å². The second-order valence-electron chi connectivity index (χ2n) is 2.47. The summed E-state index contributed by atoms with van der Waals surface area (Å²) in [5.41, 5.74) is 0. The Hall–Kier alpha value is -1.18. The van der Waals surface area contributed by atoms with Gasteiger partial charge in [0.25, 0.3) is 0 Å². The van der Waals surface area contributed by atoms with Crippen LogP contribution < -0.4 is 0 Å². The molecule has 0 spiro atoms. The number of carboxylic acid groups (broad SMARTS) is 1. The molecule has 82 valence electrons. The van der Waals surface area contributed by atoms with Gasteiger partial charge in [0.1, 0.15) is 6.10 Å². The fourth-order valence-electron chi connectivity index (χ4n) is 0.686. The molecular formula is C7H12O7. The highest BCUT2D eigenvalue weighted by molar-refractivity contribution is 5.78. The number of carbonyl (C=O) groups excluding carboxylic acids is 1. The summed E-state index contributed by atoms with van der Waals surface area (Å²) in [6.45, 7) is 1.45. The Morgan fingerprint density at radius 1 is 1.21 bits per heavy atom. The van der Waals surface area contributed by atoms with Crippen LogP contribution in [0.25, 0.3) is 0 Å². The highest BCUT2D eigenvalue weighted by atomic mass is 16.5. The van der Waals surface area contributed by atoms with Crippen LogP contribution >= 0.6 is 0 Å². The largest absolute Gasteiger partial charge is 0.479 e. The van der Waals surface area contributed by atoms with Gasteiger partial charge in [0.2, 0.25) is 0 Å². The summed E-state index contributed by atoms with van der Waals surface area (Å²) < 4.78 is 4.30. The molecule has 0 rings (SSSR count). The van der Waals surface area contributed by atoms with Crippen molar-refractivity contribution in [3.63, 3.8) is 0 Å². The predicted octanol–water partition coefficient (Wildman–Crippen LogP) is -2.28. The van der Waals surface area contributed by atoms with E-state index in [1.165, 1.54) is 6.92 Å². The van der Waals surface area contributed by atoms with Crippen LogP contribution in [0, 0.1) is 0 Å². The topological polar surface area (TPSA) is 124 Å². The molecule has 0 saturated carbocycles. The average molecular weight is 208 g/mol. The van der Waals surface area contributed by atoms with E-state index in [0.29, 0.717) is 0 Å². The summed E-state index contributed by atoms with van der Waals surface area (Å²) in [5, 5.41) is 35.0. The van der Waals surface area contributed by atoms with Gasteiger partial charge in [-0.3, -0.25) is 0 Å². The van der Waals surface area contributed by atoms with Gasteiger partial charge in [-0.15, -0.1) is 0 Å². The number of esters is 1. The van der Waals surface area contributed by atoms with Crippen LogP contribution in [0.5, 0.6) is 0 Å². The third kappa shape index (κ3) is 3.29. The molecule has 0 aromatic heterocycles. The Morgan fingerprint density at radius 3 is 2.07 bits per heavy atom. The summed E-state index contributed by atoms with van der Waals surface area (Å²) in [6, 6.07) is 0. The molecule has 7 nitrogen and oxygen atoms in total. The number of hydrogen-bond donors (Lipinski definition) is 4. The highest BCUT2D eigenvalue weighted by Crippen LogP contribution is 2.02. The van der Waals surface area contributed by atoms with E-state index in [1.807, 2.05) is 0 Å². The number of ether oxygens (including phenoxy) is 1. The predicted molar refractivity (Wildman–Crippen MR) is 42.3 cm³/mol. The van der Waals surface area contributed by atoms with Crippen molar-refractivity contribution in [2.45, 2.75) is 25.2 Å². The van der Waals surface area contributed by atoms with Crippen LogP contribution in [-0.2, 0) is 14.3 Å². The SMILES string of the molecule is CCOC(=O)C(O)C(O)C(O)C(=O)O. The number of aliphatic carboxylic acids is 1. The molecule has 0 fully saturated rings. The number of carbonyl (C=O) groups is 2. The first kappa shape index (κ1) is 12.8. The van der Waals surface area contributed by atoms with Gasteiger partial charge in [-0.2, -0.15) is 0 Å². The Kier molecular flexibility index (Phi) is 5.06. The average Bonchev–Trinajstić information content (AvgIpc) is 2.14. The lowest BCUT2D eigenvalue weighted by atomic mass is 10.1. The fourth-order valence-corrected chi connectivity index (χ4v) is 0.686. The lowest BCUT2D eigenvalue weighted by Gasteiger charge is -2.18. The van der Waals surface area contributed by atoms with Crippen LogP contribution in [0.3, 0.4) is 0 Å². The van der Waals surface area contributed by atoms with E-state index in [2.05, 4.69) is 4.74 Å². The molecular weight excluding hydrogens is 196 g/mol. The molecule has 0 aliphatic rings. The molecule has 3 unspecified atom stereocenters. The molecule has 0 saturated heterocycles. The summed E-state index contributed by atoms with van der Waals surface area (Å²) in [6.07, 6.45) is -6.40. The van der Waals surface area contributed by atoms with Crippen LogP contribution in [0.2, 0.25) is 0 Å². The Bertz CT molecular complexity index is 214. The van der Waals surface area contributed by atoms with Crippen LogP contribution in [0.1, 0.15) is 6.92 Å². The fraction of sp³-hybridized carbons (Fsp3) is 0.714. The summed E-state index contributed by atoms with van der Waals surface area (Å²) in [4.78, 5) is 20.9. The monoisotopic (exact) mass is 208 g/mol. The molecule has 0 aromatic carbocycles. The minimum Gasteiger partial charge on any atom is -0.479 e. The molecule has 7 heteroatoms. The van der Waals surface area contributed by atoms with Gasteiger partial charge in [-0.05, 0) is 6.92 Å². The number of hydrogen-bond acceptors (Lipinski definition) is 6. The van der Waals surface area contributed by atoms with Gasteiger partial charge in [0, 0.05) is 0 Å². The van der Waals surface area contributed by atoms with Gasteiger partial charge in [-0.25, -0.2) is 9.59 Å². The van der Waals surface area contributed by atoms with Crippen molar-refractivity contribution in [3.8, 4) is 0 Å². The standard InChI is InChI=1S/C7H12O7/c1-2-14-7(13)5(10)3(8)4(9)6(11)12/h3-5,8-10H,2H2,1H3,(H,11,12). The quantitative estimate of drug-likeness (QED) is 0.375. The van der Waals surface area contributed by atoms with E-state index in [9.17, 15) is 9.59 Å². The van der Waals surface area contributed by atoms with Crippen LogP contribution in [0.4, 0.5) is 0 Å². The van der Waals surface area contributed by atoms with Crippen LogP contribution in [-0.4, -0.2) is 57.3 Å². The zero-order chi connectivity index (χ0) is 11.3. The Balaban J connectivity index is 4.30. The first-order valence-electron chi connectivity index (χ1n) is 3.85. The van der Waals surface area contributed by atoms with Gasteiger partial charge < -0.3 is 25.2 Å². The zero-order valence-corrected chi connectivity index (χ0v) is 7.45. The summed E-state index contributed by atoms with van der Waals surface area (Å²) in [7, 11) is 0. The maximum atomic E-state index is 10.8. The van der Waals surface area contributed by atoms with Crippen molar-refractivity contribution in [1.82, 2.24) is 0 Å². The second kappa shape index (κ2) is 5.53. The maximum absolute atomic E-state index is 10.8. The minimum atomic E-state index is -2.23. The van der Waals surface area contributed by atoms with E-state index in [4.69, 9.17) is 20.4 Å². The van der Waals surface area contributed by atoms with Crippen molar-refractivity contribution >= 4 is 11.9 Å². The number of rotatable bonds is 5. The first-order valence-corrected chi connectivity index (χ1v) is 3.85. The van der Waals surface area contributed by atoms with E-state index in [-0.39, 0.29) is 6.61 Å². The van der Waals surface area contributed by atoms with E-state index < -0.39 is 30.3 Å². The summed E-state index contributed by atoms with van der Waals surface area (Å²) in [5.74, 6) is -2.92. The number of aliphatic hydroxyl groups excluding tert-OH is 3. The van der Waals surface area contributed by atoms with Crippen molar-refractivity contribution in [2.75, 3.05) is 6.61 Å². The summed E-state index contributed by atoms with van der Waals surface area (Å²) >= 11 is 0. The first-order chi connectivity index (χ1) is 6.41. The van der Waals surface area contributed by atoms with Gasteiger partial charge >= 0.3 is 11.9 Å². The third-order valence-electron chi connectivity index (χ3n) is 1.43. The molecule has 0 aliphatic heterocycles. The number of carboxylic acids is 1. The minimum absolute atomic E-state index is 0.0220. The lowest BCUT2D eigenvalue weighted by molar-refractivity contribution is -0.171. The smallest absolute Gasteiger partial charge is 0.337 e. The van der Waals surface area contributed by atoms with E-state index in [0.717, 1.165) is 0 Å². The van der Waals surface area contributed by atoms with Gasteiger partial charge in [0.05, 0.1) is 6.61 Å². The molecule has 3 atom stereocenters. The number of aliphatic hydroxyl groups is 3. The van der Waals surface area contributed by atoms with Crippen molar-refractivity contribution in [2.24, 2.45) is 0 Å². The molecule has 0 bridgehead atoms. The maximum Gasteiger partial charge on any atom is 0.337 e. The van der Waals surface area contributed by atoms with E-state index in [1.54, 1.807) is 0 Å². The lowest BCUT2D eigenvalue weighted by Crippen LogP contribution is -2.46. The molecule has 0 amide bonds. The van der Waals surface area contributed by atoms with Gasteiger partial charge in [-0.1, -0.05) is 0 Å². The molecule has 0 heterocycles. The van der Waals surface area contributed by atoms with Crippen molar-refractivity contribution < 1.29 is 34.8 Å². The molecule has 0 aliphatic carbocycles.